The smallest absolute Gasteiger partial charge is 0.0433 e. The van der Waals surface area contributed by atoms with E-state index in [9.17, 15) is 0 Å². The van der Waals surface area contributed by atoms with Crippen LogP contribution in [0.3, 0.4) is 0 Å². The third kappa shape index (κ3) is 8.77. The van der Waals surface area contributed by atoms with Gasteiger partial charge in [0, 0.05) is 20.2 Å². The van der Waals surface area contributed by atoms with Crippen molar-refractivity contribution in [3.05, 3.63) is 309 Å². The Morgan fingerprint density at radius 1 is 0.313 bits per heavy atom. The van der Waals surface area contributed by atoms with Gasteiger partial charge in [0.05, 0.1) is 0 Å². The Bertz CT molecular complexity index is 5100. The minimum absolute atomic E-state index is 1.08. The number of fused-ring (bicyclic) bond motifs is 12. The maximum atomic E-state index is 3.99. The first-order valence-electron chi connectivity index (χ1n) is 28.7. The van der Waals surface area contributed by atoms with Crippen LogP contribution in [0, 0.1) is 6.92 Å². The maximum Gasteiger partial charge on any atom is 0.0433 e. The van der Waals surface area contributed by atoms with Gasteiger partial charge in [0.25, 0.3) is 0 Å². The highest BCUT2D eigenvalue weighted by atomic mass is 32.1. The minimum Gasteiger partial charge on any atom is -0.135 e. The molecule has 17 rings (SSSR count). The summed E-state index contributed by atoms with van der Waals surface area (Å²) < 4.78 is 2.71. The van der Waals surface area contributed by atoms with Crippen LogP contribution in [0.2, 0.25) is 0 Å². The van der Waals surface area contributed by atoms with Crippen LogP contribution in [0.5, 0.6) is 0 Å². The molecule has 390 valence electrons. The first-order chi connectivity index (χ1) is 40.9. The Hall–Kier alpha value is -10.2. The zero-order chi connectivity index (χ0) is 55.5. The quantitative estimate of drug-likeness (QED) is 0.115. The van der Waals surface area contributed by atoms with Gasteiger partial charge < -0.3 is 0 Å². The van der Waals surface area contributed by atoms with Crippen LogP contribution in [0.1, 0.15) is 18.1 Å². The van der Waals surface area contributed by atoms with Gasteiger partial charge >= 0.3 is 0 Å². The van der Waals surface area contributed by atoms with Crippen molar-refractivity contribution in [2.45, 2.75) is 13.8 Å². The van der Waals surface area contributed by atoms with Crippen molar-refractivity contribution < 1.29 is 0 Å². The number of rotatable bonds is 6. The molecule has 2 aliphatic carbocycles. The molecule has 0 N–H and O–H groups in total. The lowest BCUT2D eigenvalue weighted by Gasteiger charge is -2.10. The van der Waals surface area contributed by atoms with Crippen molar-refractivity contribution in [3.8, 4) is 89.0 Å². The molecule has 0 nitrogen and oxygen atoms in total. The first kappa shape index (κ1) is 49.8. The molecule has 0 radical (unpaired) electrons. The summed E-state index contributed by atoms with van der Waals surface area (Å²) in [6, 6.07) is 102. The van der Waals surface area contributed by atoms with Gasteiger partial charge in [-0.15, -0.1) is 11.3 Å². The zero-order valence-electron chi connectivity index (χ0n) is 46.3. The molecule has 83 heavy (non-hydrogen) atoms. The van der Waals surface area contributed by atoms with Gasteiger partial charge in [-0.05, 0) is 199 Å². The van der Waals surface area contributed by atoms with Crippen molar-refractivity contribution in [2.24, 2.45) is 0 Å². The SMILES string of the molecule is C=C(/C=C\C)c1ccccc1C.c1ccc2c(c1)-c1cccc3cc(-c4ccc(-c5ccc6c(ccc7ccccc76)c5)cc4)cc-2c13.c1ccc2c(c1)-c1cccc3cc(-c4ccc(-c5cccc6c5sc5ccccc56)cc4)cc-2c13. The summed E-state index contributed by atoms with van der Waals surface area (Å²) in [5, 5.41) is 13.3. The lowest BCUT2D eigenvalue weighted by molar-refractivity contribution is 1.43. The fourth-order valence-corrected chi connectivity index (χ4v) is 14.3. The third-order valence-electron chi connectivity index (χ3n) is 17.1. The molecule has 1 heteroatoms. The van der Waals surface area contributed by atoms with Crippen LogP contribution in [0.15, 0.2) is 298 Å². The molecule has 0 amide bonds. The molecule has 0 fully saturated rings. The Labute approximate surface area is 488 Å². The van der Waals surface area contributed by atoms with Gasteiger partial charge in [0.1, 0.15) is 0 Å². The van der Waals surface area contributed by atoms with Crippen molar-refractivity contribution in [1.29, 1.82) is 0 Å². The van der Waals surface area contributed by atoms with E-state index in [1.165, 1.54) is 163 Å². The predicted octanol–water partition coefficient (Wildman–Crippen LogP) is 23.9. The van der Waals surface area contributed by atoms with Crippen LogP contribution < -0.4 is 0 Å². The molecule has 0 bridgehead atoms. The average Bonchev–Trinajstić information content (AvgIpc) is 3.51. The number of thiophene rings is 1. The van der Waals surface area contributed by atoms with Crippen LogP contribution in [0.4, 0.5) is 0 Å². The molecule has 0 spiro atoms. The van der Waals surface area contributed by atoms with Gasteiger partial charge in [-0.3, -0.25) is 0 Å². The van der Waals surface area contributed by atoms with Crippen LogP contribution in [0.25, 0.3) is 158 Å². The van der Waals surface area contributed by atoms with Gasteiger partial charge in [-0.25, -0.2) is 0 Å². The standard InChI is InChI=1S/C36H22.C34H20S.C12H14/c1-2-8-30-25(6-1)16-17-27-20-26(18-19-31(27)30)23-12-14-24(15-13-23)29-21-28-7-5-11-34-32-9-3-4-10-33(32)35(22-29)36(28)34;1-2-9-27-26(8-1)29-12-5-7-23-19-24(20-31(27)33(23)29)21-15-17-22(18-16-21)25-11-6-13-30-28-10-3-4-14-32(28)35-34(25)30;1-4-7-10(2)12-9-6-5-8-11(12)3/h1-22H;1-20H;4-9H,2H2,1,3H3/b;;7-4-. The highest BCUT2D eigenvalue weighted by Crippen LogP contribution is 2.50. The normalized spacial score (nSPS) is 11.7. The summed E-state index contributed by atoms with van der Waals surface area (Å²) in [5.74, 6) is 0. The highest BCUT2D eigenvalue weighted by Gasteiger charge is 2.23. The highest BCUT2D eigenvalue weighted by molar-refractivity contribution is 7.26. The molecule has 2 aliphatic rings. The lowest BCUT2D eigenvalue weighted by atomic mass is 9.94. The molecule has 0 saturated carbocycles. The van der Waals surface area contributed by atoms with E-state index in [0.29, 0.717) is 0 Å². The fraction of sp³-hybridized carbons (Fsp3) is 0.0244. The van der Waals surface area contributed by atoms with E-state index < -0.39 is 0 Å². The molecule has 0 saturated heterocycles. The number of benzene rings is 14. The molecule has 1 heterocycles. The summed E-state index contributed by atoms with van der Waals surface area (Å²) in [6.07, 6.45) is 4.04. The van der Waals surface area contributed by atoms with Gasteiger partial charge in [-0.1, -0.05) is 261 Å². The van der Waals surface area contributed by atoms with Crippen LogP contribution in [-0.2, 0) is 0 Å². The topological polar surface area (TPSA) is 0 Å². The third-order valence-corrected chi connectivity index (χ3v) is 18.3. The molecular weight excluding hydrogens is 1020 g/mol. The van der Waals surface area contributed by atoms with Crippen LogP contribution >= 0.6 is 11.3 Å². The fourth-order valence-electron chi connectivity index (χ4n) is 13.1. The maximum absolute atomic E-state index is 3.99. The number of hydrogen-bond donors (Lipinski definition) is 0. The summed E-state index contributed by atoms with van der Waals surface area (Å²) >= 11 is 1.89. The number of hydrogen-bond acceptors (Lipinski definition) is 1. The predicted molar refractivity (Wildman–Crippen MR) is 361 cm³/mol. The van der Waals surface area contributed by atoms with Gasteiger partial charge in [0.15, 0.2) is 0 Å². The Morgan fingerprint density at radius 2 is 0.747 bits per heavy atom. The number of aryl methyl sites for hydroxylation is 1. The Kier molecular flexibility index (Phi) is 12.4. The average molecular weight is 1070 g/mol. The Balaban J connectivity index is 0.000000119. The van der Waals surface area contributed by atoms with Crippen molar-refractivity contribution in [1.82, 2.24) is 0 Å². The molecule has 0 aliphatic heterocycles. The van der Waals surface area contributed by atoms with E-state index in [1.54, 1.807) is 0 Å². The molecule has 1 aromatic heterocycles. The molecular formula is C82H56S. The summed E-state index contributed by atoms with van der Waals surface area (Å²) in [6.45, 7) is 8.09. The number of allylic oxidation sites excluding steroid dienone is 3. The van der Waals surface area contributed by atoms with Crippen LogP contribution in [-0.4, -0.2) is 0 Å². The molecule has 0 atom stereocenters. The Morgan fingerprint density at radius 3 is 1.37 bits per heavy atom. The second kappa shape index (κ2) is 20.7. The molecule has 14 aromatic carbocycles. The van der Waals surface area contributed by atoms with Crippen molar-refractivity contribution in [2.75, 3.05) is 0 Å². The van der Waals surface area contributed by atoms with Crippen molar-refractivity contribution >= 4 is 80.2 Å². The summed E-state index contributed by atoms with van der Waals surface area (Å²) in [7, 11) is 0. The van der Waals surface area contributed by atoms with E-state index in [4.69, 9.17) is 0 Å². The largest absolute Gasteiger partial charge is 0.135 e. The lowest BCUT2D eigenvalue weighted by Crippen LogP contribution is -1.84. The first-order valence-corrected chi connectivity index (χ1v) is 29.5. The summed E-state index contributed by atoms with van der Waals surface area (Å²) in [4.78, 5) is 0. The van der Waals surface area contributed by atoms with E-state index in [-0.39, 0.29) is 0 Å². The van der Waals surface area contributed by atoms with E-state index in [0.717, 1.165) is 5.57 Å². The molecule has 0 unspecified atom stereocenters. The second-order valence-electron chi connectivity index (χ2n) is 21.9. The van der Waals surface area contributed by atoms with E-state index in [1.807, 2.05) is 42.5 Å². The summed E-state index contributed by atoms with van der Waals surface area (Å²) in [5.41, 5.74) is 24.5. The monoisotopic (exact) mass is 1070 g/mol. The second-order valence-corrected chi connectivity index (χ2v) is 23.0. The van der Waals surface area contributed by atoms with E-state index in [2.05, 4.69) is 280 Å². The van der Waals surface area contributed by atoms with Gasteiger partial charge in [-0.2, -0.15) is 0 Å². The zero-order valence-corrected chi connectivity index (χ0v) is 47.1. The minimum atomic E-state index is 1.08. The van der Waals surface area contributed by atoms with Crippen molar-refractivity contribution in [3.63, 3.8) is 0 Å². The van der Waals surface area contributed by atoms with Gasteiger partial charge in [0.2, 0.25) is 0 Å². The van der Waals surface area contributed by atoms with E-state index >= 15 is 0 Å². The molecule has 15 aromatic rings.